The molecule has 2 aromatic carbocycles. The lowest BCUT2D eigenvalue weighted by atomic mass is 10.1. The Hall–Kier alpha value is -1.70. The lowest BCUT2D eigenvalue weighted by Crippen LogP contribution is -2.46. The van der Waals surface area contributed by atoms with Crippen LogP contribution in [0.25, 0.3) is 0 Å². The highest BCUT2D eigenvalue weighted by atomic mass is 79.9. The smallest absolute Gasteiger partial charge is 0.251 e. The number of benzene rings is 2. The van der Waals surface area contributed by atoms with Crippen LogP contribution >= 0.6 is 15.9 Å². The van der Waals surface area contributed by atoms with Crippen molar-refractivity contribution in [3.8, 4) is 0 Å². The topological polar surface area (TPSA) is 66.5 Å². The zero-order chi connectivity index (χ0) is 17.9. The van der Waals surface area contributed by atoms with Gasteiger partial charge in [0, 0.05) is 29.2 Å². The van der Waals surface area contributed by atoms with Crippen molar-refractivity contribution in [1.29, 1.82) is 0 Å². The van der Waals surface area contributed by atoms with Crippen molar-refractivity contribution in [2.24, 2.45) is 0 Å². The Morgan fingerprint density at radius 3 is 2.20 bits per heavy atom. The molecule has 3 rings (SSSR count). The Morgan fingerprint density at radius 1 is 1.00 bits per heavy atom. The lowest BCUT2D eigenvalue weighted by molar-refractivity contribution is 0.0924. The number of amides is 1. The van der Waals surface area contributed by atoms with E-state index >= 15 is 0 Å². The fraction of sp³-hybridized carbons (Fsp3) is 0.278. The first-order valence-electron chi connectivity index (χ1n) is 8.08. The third-order valence-electron chi connectivity index (χ3n) is 4.28. The van der Waals surface area contributed by atoms with E-state index in [0.29, 0.717) is 36.4 Å². The van der Waals surface area contributed by atoms with Crippen LogP contribution in [0.2, 0.25) is 0 Å². The van der Waals surface area contributed by atoms with Gasteiger partial charge in [0.15, 0.2) is 0 Å². The van der Waals surface area contributed by atoms with Crippen LogP contribution in [-0.4, -0.2) is 37.8 Å². The van der Waals surface area contributed by atoms with Crippen molar-refractivity contribution in [2.45, 2.75) is 23.8 Å². The number of halogens is 1. The predicted octanol–water partition coefficient (Wildman–Crippen LogP) is 3.03. The Labute approximate surface area is 156 Å². The second-order valence-corrected chi connectivity index (χ2v) is 8.83. The maximum Gasteiger partial charge on any atom is 0.251 e. The summed E-state index contributed by atoms with van der Waals surface area (Å²) < 4.78 is 27.6. The second-order valence-electron chi connectivity index (χ2n) is 5.97. The number of rotatable bonds is 4. The van der Waals surface area contributed by atoms with Gasteiger partial charge in [-0.15, -0.1) is 0 Å². The van der Waals surface area contributed by atoms with E-state index < -0.39 is 10.0 Å². The number of hydrogen-bond acceptors (Lipinski definition) is 3. The van der Waals surface area contributed by atoms with Gasteiger partial charge in [-0.05, 0) is 49.2 Å². The van der Waals surface area contributed by atoms with Crippen molar-refractivity contribution in [1.82, 2.24) is 9.62 Å². The summed E-state index contributed by atoms with van der Waals surface area (Å²) in [5.41, 5.74) is 0.600. The second kappa shape index (κ2) is 7.68. The Kier molecular flexibility index (Phi) is 5.56. The van der Waals surface area contributed by atoms with Crippen LogP contribution in [-0.2, 0) is 10.0 Å². The molecule has 1 amide bonds. The average molecular weight is 423 g/mol. The molecule has 0 aromatic heterocycles. The van der Waals surface area contributed by atoms with Gasteiger partial charge in [-0.3, -0.25) is 4.79 Å². The fourth-order valence-electron chi connectivity index (χ4n) is 2.85. The van der Waals surface area contributed by atoms with Gasteiger partial charge in [0.25, 0.3) is 5.91 Å². The molecule has 0 saturated carbocycles. The molecule has 1 fully saturated rings. The van der Waals surface area contributed by atoms with Crippen LogP contribution in [0, 0.1) is 0 Å². The molecule has 0 spiro atoms. The molecule has 2 aromatic rings. The lowest BCUT2D eigenvalue weighted by Gasteiger charge is -2.31. The molecule has 0 aliphatic carbocycles. The summed E-state index contributed by atoms with van der Waals surface area (Å²) in [5, 5.41) is 2.99. The molecule has 0 atom stereocenters. The zero-order valence-corrected chi connectivity index (χ0v) is 16.0. The zero-order valence-electron chi connectivity index (χ0n) is 13.6. The molecule has 5 nitrogen and oxygen atoms in total. The summed E-state index contributed by atoms with van der Waals surface area (Å²) >= 11 is 3.34. The van der Waals surface area contributed by atoms with E-state index in [1.165, 1.54) is 4.31 Å². The largest absolute Gasteiger partial charge is 0.349 e. The van der Waals surface area contributed by atoms with E-state index in [4.69, 9.17) is 0 Å². The van der Waals surface area contributed by atoms with Gasteiger partial charge in [0.05, 0.1) is 4.90 Å². The third-order valence-corrected chi connectivity index (χ3v) is 6.72. The van der Waals surface area contributed by atoms with E-state index in [1.807, 2.05) is 12.1 Å². The molecule has 25 heavy (non-hydrogen) atoms. The number of sulfonamides is 1. The standard InChI is InChI=1S/C18H19BrN2O3S/c19-15-8-6-14(7-9-15)18(22)20-16-10-12-21(13-11-16)25(23,24)17-4-2-1-3-5-17/h1-9,16H,10-13H2,(H,20,22). The highest BCUT2D eigenvalue weighted by Gasteiger charge is 2.29. The van der Waals surface area contributed by atoms with Crippen LogP contribution in [0.15, 0.2) is 64.0 Å². The Morgan fingerprint density at radius 2 is 1.60 bits per heavy atom. The molecule has 0 bridgehead atoms. The minimum atomic E-state index is -3.46. The van der Waals surface area contributed by atoms with Gasteiger partial charge in [-0.1, -0.05) is 34.1 Å². The van der Waals surface area contributed by atoms with Gasteiger partial charge >= 0.3 is 0 Å². The molecule has 1 saturated heterocycles. The van der Waals surface area contributed by atoms with Crippen molar-refractivity contribution in [3.05, 3.63) is 64.6 Å². The molecule has 7 heteroatoms. The van der Waals surface area contributed by atoms with Gasteiger partial charge in [-0.2, -0.15) is 4.31 Å². The normalized spacial score (nSPS) is 16.5. The number of carbonyl (C=O) groups excluding carboxylic acids is 1. The number of nitrogens with zero attached hydrogens (tertiary/aromatic N) is 1. The van der Waals surface area contributed by atoms with Gasteiger partial charge in [-0.25, -0.2) is 8.42 Å². The van der Waals surface area contributed by atoms with E-state index in [-0.39, 0.29) is 11.9 Å². The molecule has 1 aliphatic rings. The first kappa shape index (κ1) is 18.1. The summed E-state index contributed by atoms with van der Waals surface area (Å²) in [6, 6.07) is 15.6. The average Bonchev–Trinajstić information content (AvgIpc) is 2.63. The van der Waals surface area contributed by atoms with Crippen molar-refractivity contribution < 1.29 is 13.2 Å². The minimum absolute atomic E-state index is 0.0154. The van der Waals surface area contributed by atoms with Gasteiger partial charge in [0.2, 0.25) is 10.0 Å². The Balaban J connectivity index is 1.59. The first-order valence-corrected chi connectivity index (χ1v) is 10.3. The first-order chi connectivity index (χ1) is 12.0. The molecule has 1 aliphatic heterocycles. The van der Waals surface area contributed by atoms with Crippen LogP contribution < -0.4 is 5.32 Å². The molecular formula is C18H19BrN2O3S. The number of piperidine rings is 1. The molecule has 1 N–H and O–H groups in total. The van der Waals surface area contributed by atoms with E-state index in [1.54, 1.807) is 42.5 Å². The summed E-state index contributed by atoms with van der Waals surface area (Å²) in [5.74, 6) is -0.128. The highest BCUT2D eigenvalue weighted by Crippen LogP contribution is 2.21. The fourth-order valence-corrected chi connectivity index (χ4v) is 4.61. The number of nitrogens with one attached hydrogen (secondary N) is 1. The maximum atomic E-state index is 12.6. The van der Waals surface area contributed by atoms with E-state index in [0.717, 1.165) is 4.47 Å². The Bertz CT molecular complexity index is 830. The predicted molar refractivity (Wildman–Crippen MR) is 99.8 cm³/mol. The third kappa shape index (κ3) is 4.29. The van der Waals surface area contributed by atoms with E-state index in [9.17, 15) is 13.2 Å². The molecule has 0 unspecified atom stereocenters. The SMILES string of the molecule is O=C(NC1CCN(S(=O)(=O)c2ccccc2)CC1)c1ccc(Br)cc1. The van der Waals surface area contributed by atoms with Crippen LogP contribution in [0.5, 0.6) is 0 Å². The number of hydrogen-bond donors (Lipinski definition) is 1. The maximum absolute atomic E-state index is 12.6. The van der Waals surface area contributed by atoms with Crippen LogP contribution in [0.3, 0.4) is 0 Å². The molecule has 1 heterocycles. The van der Waals surface area contributed by atoms with Crippen molar-refractivity contribution >= 4 is 31.9 Å². The molecule has 132 valence electrons. The van der Waals surface area contributed by atoms with Gasteiger partial charge in [0.1, 0.15) is 0 Å². The molecule has 0 radical (unpaired) electrons. The summed E-state index contributed by atoms with van der Waals surface area (Å²) in [6.45, 7) is 0.811. The monoisotopic (exact) mass is 422 g/mol. The van der Waals surface area contributed by atoms with E-state index in [2.05, 4.69) is 21.2 Å². The van der Waals surface area contributed by atoms with Crippen LogP contribution in [0.4, 0.5) is 0 Å². The van der Waals surface area contributed by atoms with Crippen molar-refractivity contribution in [2.75, 3.05) is 13.1 Å². The summed E-state index contributed by atoms with van der Waals surface area (Å²) in [4.78, 5) is 12.6. The van der Waals surface area contributed by atoms with Crippen molar-refractivity contribution in [3.63, 3.8) is 0 Å². The molecular weight excluding hydrogens is 404 g/mol. The number of carbonyl (C=O) groups is 1. The summed E-state index contributed by atoms with van der Waals surface area (Å²) in [7, 11) is -3.46. The van der Waals surface area contributed by atoms with Crippen LogP contribution in [0.1, 0.15) is 23.2 Å². The highest BCUT2D eigenvalue weighted by molar-refractivity contribution is 9.10. The summed E-state index contributed by atoms with van der Waals surface area (Å²) in [6.07, 6.45) is 1.21. The minimum Gasteiger partial charge on any atom is -0.349 e. The van der Waals surface area contributed by atoms with Gasteiger partial charge < -0.3 is 5.32 Å². The quantitative estimate of drug-likeness (QED) is 0.822.